The first kappa shape index (κ1) is 16.6. The monoisotopic (exact) mass is 301 g/mol. The summed E-state index contributed by atoms with van der Waals surface area (Å²) in [4.78, 5) is 57.2. The number of carbonyl (C=O) groups is 5. The molecule has 1 atom stereocenters. The van der Waals surface area contributed by atoms with E-state index in [0.717, 1.165) is 4.90 Å². The van der Waals surface area contributed by atoms with Crippen LogP contribution in [0.1, 0.15) is 13.3 Å². The van der Waals surface area contributed by atoms with Gasteiger partial charge >= 0.3 is 12.0 Å². The van der Waals surface area contributed by atoms with Gasteiger partial charge in [-0.05, 0) is 6.42 Å². The Bertz CT molecular complexity index is 476. The van der Waals surface area contributed by atoms with Crippen LogP contribution in [0, 0.1) is 0 Å². The van der Waals surface area contributed by atoms with Crippen LogP contribution in [0.4, 0.5) is 4.79 Å². The van der Waals surface area contributed by atoms with Crippen LogP contribution in [0.15, 0.2) is 0 Å². The summed E-state index contributed by atoms with van der Waals surface area (Å²) in [7, 11) is 0. The van der Waals surface area contributed by atoms with E-state index in [9.17, 15) is 24.0 Å². The zero-order chi connectivity index (χ0) is 16.0. The number of piperazine rings is 1. The summed E-state index contributed by atoms with van der Waals surface area (Å²) in [6, 6.07) is -1.76. The molecule has 1 rings (SSSR count). The smallest absolute Gasteiger partial charge is 0.329 e. The summed E-state index contributed by atoms with van der Waals surface area (Å²) in [6.07, 6.45) is 0.274. The number of carbonyl (C=O) groups excluding carboxylic acids is 4. The topological polar surface area (TPSA) is 142 Å². The minimum absolute atomic E-state index is 0.274. The van der Waals surface area contributed by atoms with E-state index >= 15 is 0 Å². The molecule has 1 aliphatic heterocycles. The summed E-state index contributed by atoms with van der Waals surface area (Å²) in [5.41, 5.74) is 0. The quantitative estimate of drug-likeness (QED) is 0.501. The highest BCUT2D eigenvalue weighted by molar-refractivity contribution is 6.06. The number of nitrogens with one attached hydrogen (secondary N) is 2. The molecule has 21 heavy (non-hydrogen) atoms. The Morgan fingerprint density at radius 1 is 1.38 bits per heavy atom. The number of rotatable bonds is 5. The molecule has 0 radical (unpaired) electrons. The molecule has 10 nitrogen and oxygen atoms in total. The molecule has 1 unspecified atom stereocenters. The number of hydrogen-bond acceptors (Lipinski definition) is 6. The predicted octanol–water partition coefficient (Wildman–Crippen LogP) is -1.94. The fourth-order valence-corrected chi connectivity index (χ4v) is 1.74. The van der Waals surface area contributed by atoms with Gasteiger partial charge in [-0.3, -0.25) is 25.0 Å². The van der Waals surface area contributed by atoms with Gasteiger partial charge in [0.1, 0.15) is 25.8 Å². The van der Waals surface area contributed by atoms with Crippen LogP contribution in [0.3, 0.4) is 0 Å². The van der Waals surface area contributed by atoms with Crippen molar-refractivity contribution in [3.8, 4) is 0 Å². The Labute approximate surface area is 119 Å². The van der Waals surface area contributed by atoms with Gasteiger partial charge in [-0.25, -0.2) is 9.59 Å². The van der Waals surface area contributed by atoms with Gasteiger partial charge in [0.2, 0.25) is 11.8 Å². The number of urea groups is 1. The molecule has 0 bridgehead atoms. The van der Waals surface area contributed by atoms with E-state index in [1.807, 2.05) is 5.32 Å². The van der Waals surface area contributed by atoms with Crippen molar-refractivity contribution in [3.63, 3.8) is 0 Å². The van der Waals surface area contributed by atoms with Gasteiger partial charge in [-0.15, -0.1) is 0 Å². The van der Waals surface area contributed by atoms with Crippen molar-refractivity contribution < 1.29 is 33.8 Å². The van der Waals surface area contributed by atoms with Crippen LogP contribution in [-0.2, 0) is 23.9 Å². The molecule has 0 aromatic carbocycles. The van der Waals surface area contributed by atoms with Crippen molar-refractivity contribution in [1.82, 2.24) is 15.5 Å². The van der Waals surface area contributed by atoms with Crippen LogP contribution in [0.25, 0.3) is 0 Å². The zero-order valence-electron chi connectivity index (χ0n) is 11.2. The van der Waals surface area contributed by atoms with Crippen molar-refractivity contribution in [2.24, 2.45) is 0 Å². The lowest BCUT2D eigenvalue weighted by Gasteiger charge is -2.32. The molecule has 5 amide bonds. The maximum atomic E-state index is 11.9. The second kappa shape index (κ2) is 7.33. The van der Waals surface area contributed by atoms with Gasteiger partial charge in [0.25, 0.3) is 5.91 Å². The van der Waals surface area contributed by atoms with Crippen molar-refractivity contribution >= 4 is 29.7 Å². The fraction of sp³-hybridized carbons (Fsp3) is 0.545. The summed E-state index contributed by atoms with van der Waals surface area (Å²) >= 11 is 0. The maximum absolute atomic E-state index is 11.9. The lowest BCUT2D eigenvalue weighted by molar-refractivity contribution is -0.144. The van der Waals surface area contributed by atoms with Gasteiger partial charge < -0.3 is 14.7 Å². The highest BCUT2D eigenvalue weighted by Crippen LogP contribution is 2.09. The van der Waals surface area contributed by atoms with E-state index in [-0.39, 0.29) is 13.0 Å². The van der Waals surface area contributed by atoms with Crippen LogP contribution < -0.4 is 10.6 Å². The summed E-state index contributed by atoms with van der Waals surface area (Å²) in [5, 5.41) is 12.3. The van der Waals surface area contributed by atoms with Crippen LogP contribution in [-0.4, -0.2) is 65.5 Å². The van der Waals surface area contributed by atoms with Gasteiger partial charge in [0.15, 0.2) is 0 Å². The van der Waals surface area contributed by atoms with Gasteiger partial charge in [-0.2, -0.15) is 0 Å². The van der Waals surface area contributed by atoms with Gasteiger partial charge in [0, 0.05) is 0 Å². The number of amides is 5. The zero-order valence-corrected chi connectivity index (χ0v) is 11.2. The number of carboxylic acid groups (broad SMARTS) is 1. The van der Waals surface area contributed by atoms with Crippen molar-refractivity contribution in [3.05, 3.63) is 0 Å². The highest BCUT2D eigenvalue weighted by Gasteiger charge is 2.36. The second-order valence-corrected chi connectivity index (χ2v) is 4.20. The Balaban J connectivity index is 2.56. The minimum Gasteiger partial charge on any atom is -0.480 e. The van der Waals surface area contributed by atoms with Crippen molar-refractivity contribution in [1.29, 1.82) is 0 Å². The van der Waals surface area contributed by atoms with Gasteiger partial charge in [-0.1, -0.05) is 6.92 Å². The Hall–Kier alpha value is -2.49. The molecule has 10 heteroatoms. The number of hydrogen-bond donors (Lipinski definition) is 3. The van der Waals surface area contributed by atoms with E-state index in [1.54, 1.807) is 6.92 Å². The van der Waals surface area contributed by atoms with Crippen LogP contribution >= 0.6 is 0 Å². The van der Waals surface area contributed by atoms with E-state index in [0.29, 0.717) is 0 Å². The van der Waals surface area contributed by atoms with Crippen molar-refractivity contribution in [2.75, 3.05) is 19.8 Å². The minimum atomic E-state index is -1.25. The van der Waals surface area contributed by atoms with E-state index in [1.165, 1.54) is 0 Å². The molecule has 116 valence electrons. The lowest BCUT2D eigenvalue weighted by Crippen LogP contribution is -2.62. The molecule has 0 aromatic rings. The molecule has 0 aromatic heterocycles. The van der Waals surface area contributed by atoms with Crippen LogP contribution in [0.2, 0.25) is 0 Å². The predicted molar refractivity (Wildman–Crippen MR) is 65.9 cm³/mol. The lowest BCUT2D eigenvalue weighted by atomic mass is 10.1. The normalized spacial score (nSPS) is 18.1. The Morgan fingerprint density at radius 3 is 2.62 bits per heavy atom. The van der Waals surface area contributed by atoms with Gasteiger partial charge in [0.05, 0.1) is 0 Å². The molecule has 1 fully saturated rings. The molecule has 1 saturated heterocycles. The summed E-state index contributed by atoms with van der Waals surface area (Å²) in [5.74, 6) is -3.37. The number of carboxylic acids is 1. The first-order chi connectivity index (χ1) is 9.85. The Morgan fingerprint density at radius 2 is 2.05 bits per heavy atom. The molecule has 0 saturated carbocycles. The maximum Gasteiger partial charge on any atom is 0.329 e. The molecule has 0 aliphatic carbocycles. The molecular formula is C11H15N3O7. The SMILES string of the molecule is CCC1C(=O)NC(=O)CN1C(=O)NC(=O)COCC(=O)O. The largest absolute Gasteiger partial charge is 0.480 e. The summed E-state index contributed by atoms with van der Waals surface area (Å²) in [6.45, 7) is 0.00404. The standard InChI is InChI=1S/C11H15N3O7/c1-2-6-10(19)12-7(15)3-14(6)11(20)13-8(16)4-21-5-9(17)18/h6H,2-5H2,1H3,(H,17,18)(H,12,15,19)(H,13,16,20). The number of ether oxygens (including phenoxy) is 1. The molecular weight excluding hydrogens is 286 g/mol. The molecule has 0 spiro atoms. The Kier molecular flexibility index (Phi) is 5.79. The third kappa shape index (κ3) is 4.84. The average molecular weight is 301 g/mol. The molecule has 3 N–H and O–H groups in total. The molecule has 1 aliphatic rings. The average Bonchev–Trinajstić information content (AvgIpc) is 2.37. The number of aliphatic carboxylic acids is 1. The van der Waals surface area contributed by atoms with E-state index < -0.39 is 49.0 Å². The van der Waals surface area contributed by atoms with E-state index in [4.69, 9.17) is 5.11 Å². The highest BCUT2D eigenvalue weighted by atomic mass is 16.5. The second-order valence-electron chi connectivity index (χ2n) is 4.20. The summed E-state index contributed by atoms with van der Waals surface area (Å²) < 4.78 is 4.51. The number of imide groups is 2. The fourth-order valence-electron chi connectivity index (χ4n) is 1.74. The third-order valence-corrected chi connectivity index (χ3v) is 2.61. The molecule has 1 heterocycles. The van der Waals surface area contributed by atoms with E-state index in [2.05, 4.69) is 10.1 Å². The third-order valence-electron chi connectivity index (χ3n) is 2.61. The van der Waals surface area contributed by atoms with Crippen LogP contribution in [0.5, 0.6) is 0 Å². The first-order valence-corrected chi connectivity index (χ1v) is 6.08. The first-order valence-electron chi connectivity index (χ1n) is 6.08. The van der Waals surface area contributed by atoms with Crippen molar-refractivity contribution in [2.45, 2.75) is 19.4 Å². The number of nitrogens with zero attached hydrogens (tertiary/aromatic N) is 1.